The number of hydrogen-bond acceptors (Lipinski definition) is 3. The highest BCUT2D eigenvalue weighted by Gasteiger charge is 2.50. The molecule has 9 heteroatoms. The minimum absolute atomic E-state index is 0.241. The Morgan fingerprint density at radius 2 is 1.26 bits per heavy atom. The first kappa shape index (κ1) is 15.6. The van der Waals surface area contributed by atoms with Gasteiger partial charge in [-0.1, -0.05) is 12.8 Å². The van der Waals surface area contributed by atoms with Gasteiger partial charge in [0.05, 0.1) is 0 Å². The van der Waals surface area contributed by atoms with E-state index in [9.17, 15) is 28.7 Å². The van der Waals surface area contributed by atoms with E-state index in [-0.39, 0.29) is 5.41 Å². The molecule has 0 radical (unpaired) electrons. The highest BCUT2D eigenvalue weighted by atomic mass is 31.2. The molecule has 2 rings (SSSR count). The predicted octanol–water partition coefficient (Wildman–Crippen LogP) is 1.28. The van der Waals surface area contributed by atoms with Crippen LogP contribution in [0.3, 0.4) is 0 Å². The Kier molecular flexibility index (Phi) is 4.30. The van der Waals surface area contributed by atoms with Crippen LogP contribution >= 0.6 is 15.2 Å². The topological polar surface area (TPSA) is 118 Å². The van der Waals surface area contributed by atoms with E-state index < -0.39 is 20.7 Å². The van der Waals surface area contributed by atoms with Crippen LogP contribution in [0.25, 0.3) is 0 Å². The van der Waals surface area contributed by atoms with Gasteiger partial charge in [0.1, 0.15) is 0 Å². The van der Waals surface area contributed by atoms with Gasteiger partial charge in [-0.05, 0) is 31.1 Å². The fourth-order valence-electron chi connectivity index (χ4n) is 3.48. The first-order chi connectivity index (χ1) is 8.64. The predicted molar refractivity (Wildman–Crippen MR) is 69.6 cm³/mol. The number of likely N-dealkylation sites (tertiary alicyclic amines) is 1. The molecular weight excluding hydrogens is 292 g/mol. The normalized spacial score (nSPS) is 25.3. The zero-order valence-corrected chi connectivity index (χ0v) is 12.5. The lowest BCUT2D eigenvalue weighted by Gasteiger charge is -2.42. The second kappa shape index (κ2) is 5.23. The molecule has 4 N–H and O–H groups in total. The summed E-state index contributed by atoms with van der Waals surface area (Å²) in [5.41, 5.74) is -1.73. The van der Waals surface area contributed by atoms with Crippen molar-refractivity contribution in [2.75, 3.05) is 13.1 Å². The zero-order chi connectivity index (χ0) is 14.3. The third-order valence-electron chi connectivity index (χ3n) is 4.45. The second-order valence-electron chi connectivity index (χ2n) is 5.77. The molecule has 1 aliphatic heterocycles. The first-order valence-electron chi connectivity index (χ1n) is 6.49. The summed E-state index contributed by atoms with van der Waals surface area (Å²) in [6.07, 6.45) is 6.14. The van der Waals surface area contributed by atoms with Crippen LogP contribution in [0.5, 0.6) is 0 Å². The summed E-state index contributed by atoms with van der Waals surface area (Å²) in [5.74, 6) is 0. The van der Waals surface area contributed by atoms with Crippen molar-refractivity contribution in [1.82, 2.24) is 4.90 Å². The molecule has 0 unspecified atom stereocenters. The average Bonchev–Trinajstić information content (AvgIpc) is 2.66. The molecule has 0 atom stereocenters. The van der Waals surface area contributed by atoms with E-state index in [2.05, 4.69) is 0 Å². The van der Waals surface area contributed by atoms with E-state index in [1.807, 2.05) is 0 Å². The number of piperidine rings is 1. The number of hydrogen-bond donors (Lipinski definition) is 4. The molecular formula is C10H21NO6P2. The van der Waals surface area contributed by atoms with Crippen LogP contribution in [0.15, 0.2) is 0 Å². The summed E-state index contributed by atoms with van der Waals surface area (Å²) in [6.45, 7) is 0.696. The lowest BCUT2D eigenvalue weighted by Crippen LogP contribution is -2.44. The largest absolute Gasteiger partial charge is 0.354 e. The maximum absolute atomic E-state index is 11.4. The highest BCUT2D eigenvalue weighted by Crippen LogP contribution is 2.62. The van der Waals surface area contributed by atoms with Crippen LogP contribution in [0.1, 0.15) is 38.5 Å². The van der Waals surface area contributed by atoms with Crippen molar-refractivity contribution in [3.63, 3.8) is 0 Å². The maximum atomic E-state index is 11.4. The fourth-order valence-corrected chi connectivity index (χ4v) is 6.36. The Bertz CT molecular complexity index is 392. The van der Waals surface area contributed by atoms with Crippen LogP contribution in [-0.4, -0.2) is 43.1 Å². The Labute approximate surface area is 112 Å². The summed E-state index contributed by atoms with van der Waals surface area (Å²) in [5, 5.41) is 0. The summed E-state index contributed by atoms with van der Waals surface area (Å²) in [7, 11) is -9.69. The molecule has 0 aromatic carbocycles. The van der Waals surface area contributed by atoms with Crippen LogP contribution in [-0.2, 0) is 9.13 Å². The lowest BCUT2D eigenvalue weighted by molar-refractivity contribution is 0.101. The molecule has 1 saturated carbocycles. The molecule has 0 amide bonds. The van der Waals surface area contributed by atoms with Gasteiger partial charge in [-0.15, -0.1) is 0 Å². The summed E-state index contributed by atoms with van der Waals surface area (Å²) in [6, 6.07) is 0. The number of nitrogens with zero attached hydrogens (tertiary/aromatic N) is 1. The molecule has 0 aromatic rings. The summed E-state index contributed by atoms with van der Waals surface area (Å²) in [4.78, 5) is 38.1. The van der Waals surface area contributed by atoms with Crippen LogP contribution in [0.2, 0.25) is 0 Å². The molecule has 0 aromatic heterocycles. The molecule has 2 aliphatic rings. The standard InChI is InChI=1S/C10H21NO6P2/c12-18(13,14)9(19(15,16)17)11-7-5-10(6-8-11)3-1-2-4-10/h9H,1-8H2,(H2,12,13,14)(H2,15,16,17). The van der Waals surface area contributed by atoms with E-state index in [4.69, 9.17) is 0 Å². The van der Waals surface area contributed by atoms with Gasteiger partial charge in [0.15, 0.2) is 0 Å². The summed E-state index contributed by atoms with van der Waals surface area (Å²) < 4.78 is 22.7. The fraction of sp³-hybridized carbons (Fsp3) is 1.00. The van der Waals surface area contributed by atoms with Gasteiger partial charge in [-0.2, -0.15) is 0 Å². The monoisotopic (exact) mass is 313 g/mol. The molecule has 112 valence electrons. The smallest absolute Gasteiger partial charge is 0.323 e. The van der Waals surface area contributed by atoms with E-state index in [0.29, 0.717) is 13.1 Å². The third kappa shape index (κ3) is 3.48. The average molecular weight is 313 g/mol. The second-order valence-corrected chi connectivity index (χ2v) is 9.51. The van der Waals surface area contributed by atoms with Crippen LogP contribution in [0.4, 0.5) is 0 Å². The van der Waals surface area contributed by atoms with Gasteiger partial charge < -0.3 is 19.6 Å². The van der Waals surface area contributed by atoms with E-state index in [0.717, 1.165) is 25.7 Å². The molecule has 19 heavy (non-hydrogen) atoms. The van der Waals surface area contributed by atoms with Crippen molar-refractivity contribution in [2.45, 2.75) is 44.0 Å². The van der Waals surface area contributed by atoms with Gasteiger partial charge in [0.25, 0.3) is 0 Å². The van der Waals surface area contributed by atoms with Gasteiger partial charge in [-0.3, -0.25) is 14.0 Å². The summed E-state index contributed by atoms with van der Waals surface area (Å²) >= 11 is 0. The molecule has 1 heterocycles. The molecule has 1 spiro atoms. The van der Waals surface area contributed by atoms with Crippen molar-refractivity contribution >= 4 is 15.2 Å². The molecule has 2 fully saturated rings. The minimum Gasteiger partial charge on any atom is -0.323 e. The highest BCUT2D eigenvalue weighted by molar-refractivity contribution is 7.70. The van der Waals surface area contributed by atoms with Crippen molar-refractivity contribution in [1.29, 1.82) is 0 Å². The Balaban J connectivity index is 2.10. The lowest BCUT2D eigenvalue weighted by atomic mass is 9.77. The molecule has 0 bridgehead atoms. The van der Waals surface area contributed by atoms with Crippen molar-refractivity contribution in [2.24, 2.45) is 5.41 Å². The Hall–Kier alpha value is 0.260. The van der Waals surface area contributed by atoms with Gasteiger partial charge in [0, 0.05) is 13.1 Å². The van der Waals surface area contributed by atoms with E-state index in [1.165, 1.54) is 17.7 Å². The SMILES string of the molecule is O=P(O)(O)C(N1CCC2(CCCC2)CC1)P(=O)(O)O. The van der Waals surface area contributed by atoms with Crippen molar-refractivity contribution in [3.05, 3.63) is 0 Å². The zero-order valence-electron chi connectivity index (χ0n) is 10.7. The first-order valence-corrected chi connectivity index (χ1v) is 9.85. The Morgan fingerprint density at radius 1 is 0.842 bits per heavy atom. The van der Waals surface area contributed by atoms with Crippen LogP contribution in [0, 0.1) is 5.41 Å². The van der Waals surface area contributed by atoms with Crippen LogP contribution < -0.4 is 0 Å². The van der Waals surface area contributed by atoms with Gasteiger partial charge in [0.2, 0.25) is 5.52 Å². The molecule has 1 aliphatic carbocycles. The van der Waals surface area contributed by atoms with Gasteiger partial charge in [-0.25, -0.2) is 0 Å². The number of rotatable bonds is 3. The van der Waals surface area contributed by atoms with Gasteiger partial charge >= 0.3 is 15.2 Å². The van der Waals surface area contributed by atoms with Crippen molar-refractivity contribution < 1.29 is 28.7 Å². The maximum Gasteiger partial charge on any atom is 0.354 e. The molecule has 1 saturated heterocycles. The molecule has 7 nitrogen and oxygen atoms in total. The third-order valence-corrected chi connectivity index (χ3v) is 8.11. The quantitative estimate of drug-likeness (QED) is 0.580. The van der Waals surface area contributed by atoms with Crippen molar-refractivity contribution in [3.8, 4) is 0 Å². The van der Waals surface area contributed by atoms with E-state index >= 15 is 0 Å². The van der Waals surface area contributed by atoms with E-state index in [1.54, 1.807) is 0 Å². The Morgan fingerprint density at radius 3 is 1.63 bits per heavy atom. The minimum atomic E-state index is -4.85.